The first-order valence-corrected chi connectivity index (χ1v) is 5.28. The van der Waals surface area contributed by atoms with Crippen molar-refractivity contribution in [3.05, 3.63) is 34.1 Å². The second-order valence-electron chi connectivity index (χ2n) is 3.41. The molecule has 0 saturated carbocycles. The molecule has 0 radical (unpaired) electrons. The Balaban J connectivity index is 2.79. The van der Waals surface area contributed by atoms with E-state index in [0.717, 1.165) is 6.07 Å². The van der Waals surface area contributed by atoms with E-state index >= 15 is 0 Å². The van der Waals surface area contributed by atoms with E-state index in [1.807, 2.05) is 0 Å². The van der Waals surface area contributed by atoms with Gasteiger partial charge in [-0.25, -0.2) is 4.39 Å². The van der Waals surface area contributed by atoms with E-state index in [9.17, 15) is 9.18 Å². The molecule has 16 heavy (non-hydrogen) atoms. The van der Waals surface area contributed by atoms with Crippen molar-refractivity contribution in [1.29, 1.82) is 0 Å². The van der Waals surface area contributed by atoms with Crippen molar-refractivity contribution in [2.45, 2.75) is 13.3 Å². The quantitative estimate of drug-likeness (QED) is 0.796. The summed E-state index contributed by atoms with van der Waals surface area (Å²) in [5.41, 5.74) is 0.621. The summed E-state index contributed by atoms with van der Waals surface area (Å²) in [5.74, 6) is -0.793. The Bertz CT molecular complexity index is 396. The van der Waals surface area contributed by atoms with Gasteiger partial charge in [0, 0.05) is 13.2 Å². The molecular formula is C11H13ClFNO2. The third kappa shape index (κ3) is 3.18. The molecular weight excluding hydrogens is 233 g/mol. The second-order valence-corrected chi connectivity index (χ2v) is 3.82. The van der Waals surface area contributed by atoms with Gasteiger partial charge in [-0.2, -0.15) is 0 Å². The zero-order valence-corrected chi connectivity index (χ0v) is 9.64. The number of aliphatic hydroxyl groups is 1. The van der Waals surface area contributed by atoms with Crippen molar-refractivity contribution in [1.82, 2.24) is 5.32 Å². The predicted molar refractivity (Wildman–Crippen MR) is 60.2 cm³/mol. The molecule has 0 atom stereocenters. The third-order valence-corrected chi connectivity index (χ3v) is 2.43. The number of carbonyl (C=O) groups excluding carboxylic acids is 1. The summed E-state index contributed by atoms with van der Waals surface area (Å²) in [4.78, 5) is 11.6. The van der Waals surface area contributed by atoms with Gasteiger partial charge in [-0.1, -0.05) is 11.6 Å². The minimum absolute atomic E-state index is 0.0104. The highest BCUT2D eigenvalue weighted by Gasteiger charge is 2.12. The van der Waals surface area contributed by atoms with Gasteiger partial charge in [0.25, 0.3) is 5.91 Å². The van der Waals surface area contributed by atoms with Crippen LogP contribution in [0, 0.1) is 12.7 Å². The molecule has 0 fully saturated rings. The summed E-state index contributed by atoms with van der Waals surface area (Å²) in [6.07, 6.45) is 0.476. The molecule has 0 unspecified atom stereocenters. The zero-order chi connectivity index (χ0) is 12.1. The molecule has 88 valence electrons. The standard InChI is InChI=1S/C11H13ClFNO2/c1-7-5-8(9(12)6-10(7)13)11(16)14-3-2-4-15/h5-6,15H,2-4H2,1H3,(H,14,16). The molecule has 0 aliphatic carbocycles. The Morgan fingerprint density at radius 1 is 1.56 bits per heavy atom. The molecule has 0 saturated heterocycles. The van der Waals surface area contributed by atoms with Crippen LogP contribution in [0.5, 0.6) is 0 Å². The highest BCUT2D eigenvalue weighted by Crippen LogP contribution is 2.20. The Hall–Kier alpha value is -1.13. The summed E-state index contributed by atoms with van der Waals surface area (Å²) in [6, 6.07) is 2.53. The van der Waals surface area contributed by atoms with Gasteiger partial charge in [0.2, 0.25) is 0 Å². The van der Waals surface area contributed by atoms with Gasteiger partial charge in [-0.3, -0.25) is 4.79 Å². The fourth-order valence-electron chi connectivity index (χ4n) is 1.21. The normalized spacial score (nSPS) is 10.2. The first kappa shape index (κ1) is 12.9. The van der Waals surface area contributed by atoms with Crippen LogP contribution in [0.2, 0.25) is 5.02 Å². The van der Waals surface area contributed by atoms with Crippen molar-refractivity contribution in [2.75, 3.05) is 13.2 Å². The number of rotatable bonds is 4. The topological polar surface area (TPSA) is 49.3 Å². The van der Waals surface area contributed by atoms with E-state index in [2.05, 4.69) is 5.32 Å². The highest BCUT2D eigenvalue weighted by molar-refractivity contribution is 6.33. The lowest BCUT2D eigenvalue weighted by atomic mass is 10.1. The summed E-state index contributed by atoms with van der Waals surface area (Å²) in [6.45, 7) is 1.94. The molecule has 2 N–H and O–H groups in total. The molecule has 0 spiro atoms. The van der Waals surface area contributed by atoms with Gasteiger partial charge in [0.15, 0.2) is 0 Å². The van der Waals surface area contributed by atoms with Crippen LogP contribution in [0.4, 0.5) is 4.39 Å². The van der Waals surface area contributed by atoms with Crippen LogP contribution in [0.3, 0.4) is 0 Å². The van der Waals surface area contributed by atoms with Crippen LogP contribution in [-0.4, -0.2) is 24.2 Å². The Morgan fingerprint density at radius 2 is 2.25 bits per heavy atom. The van der Waals surface area contributed by atoms with E-state index in [1.54, 1.807) is 6.92 Å². The van der Waals surface area contributed by atoms with Crippen LogP contribution < -0.4 is 5.32 Å². The average Bonchev–Trinajstić information content (AvgIpc) is 2.23. The van der Waals surface area contributed by atoms with Gasteiger partial charge in [0.1, 0.15) is 5.82 Å². The number of aryl methyl sites for hydroxylation is 1. The highest BCUT2D eigenvalue weighted by atomic mass is 35.5. The maximum absolute atomic E-state index is 13.1. The Labute approximate surface area is 98.2 Å². The number of hydrogen-bond donors (Lipinski definition) is 2. The van der Waals surface area contributed by atoms with Crippen LogP contribution in [0.1, 0.15) is 22.3 Å². The van der Waals surface area contributed by atoms with E-state index in [-0.39, 0.29) is 23.1 Å². The molecule has 1 rings (SSSR count). The minimum Gasteiger partial charge on any atom is -0.396 e. The SMILES string of the molecule is Cc1cc(C(=O)NCCCO)c(Cl)cc1F. The third-order valence-electron chi connectivity index (χ3n) is 2.11. The first-order valence-electron chi connectivity index (χ1n) is 4.91. The summed E-state index contributed by atoms with van der Waals surface area (Å²) in [7, 11) is 0. The lowest BCUT2D eigenvalue weighted by Crippen LogP contribution is -2.25. The summed E-state index contributed by atoms with van der Waals surface area (Å²) in [5, 5.41) is 11.2. The molecule has 3 nitrogen and oxygen atoms in total. The second kappa shape index (κ2) is 5.82. The largest absolute Gasteiger partial charge is 0.396 e. The van der Waals surface area contributed by atoms with Crippen LogP contribution >= 0.6 is 11.6 Å². The lowest BCUT2D eigenvalue weighted by molar-refractivity contribution is 0.0951. The number of halogens is 2. The van der Waals surface area contributed by atoms with Crippen molar-refractivity contribution in [2.24, 2.45) is 0 Å². The fourth-order valence-corrected chi connectivity index (χ4v) is 1.44. The number of hydrogen-bond acceptors (Lipinski definition) is 2. The van der Waals surface area contributed by atoms with Crippen LogP contribution in [-0.2, 0) is 0 Å². The number of benzene rings is 1. The van der Waals surface area contributed by atoms with Crippen molar-refractivity contribution in [3.63, 3.8) is 0 Å². The first-order chi connectivity index (χ1) is 7.56. The molecule has 0 heterocycles. The molecule has 0 aromatic heterocycles. The predicted octanol–water partition coefficient (Wildman–Crippen LogP) is 1.90. The summed E-state index contributed by atoms with van der Waals surface area (Å²) >= 11 is 5.76. The molecule has 0 aliphatic rings. The van der Waals surface area contributed by atoms with E-state index in [0.29, 0.717) is 18.5 Å². The van der Waals surface area contributed by atoms with Gasteiger partial charge < -0.3 is 10.4 Å². The van der Waals surface area contributed by atoms with Crippen molar-refractivity contribution < 1.29 is 14.3 Å². The van der Waals surface area contributed by atoms with Gasteiger partial charge in [-0.15, -0.1) is 0 Å². The number of amides is 1. The number of aliphatic hydroxyl groups excluding tert-OH is 1. The molecule has 5 heteroatoms. The lowest BCUT2D eigenvalue weighted by Gasteiger charge is -2.07. The van der Waals surface area contributed by atoms with E-state index in [4.69, 9.17) is 16.7 Å². The van der Waals surface area contributed by atoms with Gasteiger partial charge in [0.05, 0.1) is 10.6 Å². The van der Waals surface area contributed by atoms with Crippen LogP contribution in [0.15, 0.2) is 12.1 Å². The molecule has 0 aliphatic heterocycles. The van der Waals surface area contributed by atoms with Gasteiger partial charge in [-0.05, 0) is 31.0 Å². The van der Waals surface area contributed by atoms with Gasteiger partial charge >= 0.3 is 0 Å². The maximum Gasteiger partial charge on any atom is 0.252 e. The maximum atomic E-state index is 13.1. The van der Waals surface area contributed by atoms with Crippen molar-refractivity contribution in [3.8, 4) is 0 Å². The zero-order valence-electron chi connectivity index (χ0n) is 8.89. The molecule has 1 aromatic rings. The van der Waals surface area contributed by atoms with Crippen LogP contribution in [0.25, 0.3) is 0 Å². The number of nitrogens with one attached hydrogen (secondary N) is 1. The summed E-state index contributed by atoms with van der Waals surface area (Å²) < 4.78 is 13.1. The van der Waals surface area contributed by atoms with E-state index in [1.165, 1.54) is 6.07 Å². The Kier molecular flexibility index (Phi) is 4.71. The molecule has 1 amide bonds. The fraction of sp³-hybridized carbons (Fsp3) is 0.364. The average molecular weight is 246 g/mol. The Morgan fingerprint density at radius 3 is 2.88 bits per heavy atom. The van der Waals surface area contributed by atoms with Crippen molar-refractivity contribution >= 4 is 17.5 Å². The van der Waals surface area contributed by atoms with E-state index < -0.39 is 5.82 Å². The molecule has 1 aromatic carbocycles. The molecule has 0 bridgehead atoms. The number of carbonyl (C=O) groups is 1. The minimum atomic E-state index is -0.433. The smallest absolute Gasteiger partial charge is 0.252 e. The monoisotopic (exact) mass is 245 g/mol.